The highest BCUT2D eigenvalue weighted by atomic mass is 16.4. The lowest BCUT2D eigenvalue weighted by Gasteiger charge is -2.27. The molecule has 1 saturated heterocycles. The Morgan fingerprint density at radius 2 is 1.66 bits per heavy atom. The summed E-state index contributed by atoms with van der Waals surface area (Å²) in [5.74, 6) is -4.84. The Kier molecular flexibility index (Phi) is 11.6. The first kappa shape index (κ1) is 27.3. The summed E-state index contributed by atoms with van der Waals surface area (Å²) < 4.78 is 0. The predicted octanol–water partition coefficient (Wildman–Crippen LogP) is -1.46. The van der Waals surface area contributed by atoms with Crippen molar-refractivity contribution in [2.75, 3.05) is 13.1 Å². The van der Waals surface area contributed by atoms with Gasteiger partial charge in [-0.1, -0.05) is 13.8 Å². The predicted molar refractivity (Wildman–Crippen MR) is 114 cm³/mol. The van der Waals surface area contributed by atoms with Gasteiger partial charge in [0, 0.05) is 0 Å². The molecule has 4 unspecified atom stereocenters. The molecule has 0 aromatic heterocycles. The summed E-state index contributed by atoms with van der Waals surface area (Å²) in [7, 11) is 0. The van der Waals surface area contributed by atoms with E-state index >= 15 is 0 Å². The van der Waals surface area contributed by atoms with Crippen LogP contribution in [-0.4, -0.2) is 77.1 Å². The van der Waals surface area contributed by atoms with Crippen LogP contribution >= 0.6 is 0 Å². The number of carbonyl (C=O) groups is 5. The zero-order chi connectivity index (χ0) is 24.3. The molecular weight excluding hydrogens is 422 g/mol. The van der Waals surface area contributed by atoms with E-state index in [2.05, 4.69) is 21.3 Å². The van der Waals surface area contributed by atoms with Gasteiger partial charge in [-0.3, -0.25) is 19.2 Å². The lowest BCUT2D eigenvalue weighted by atomic mass is 10.0. The van der Waals surface area contributed by atoms with E-state index in [1.807, 2.05) is 0 Å². The van der Waals surface area contributed by atoms with Crippen LogP contribution in [0.3, 0.4) is 0 Å². The number of carbonyl (C=O) groups excluding carboxylic acids is 3. The molecule has 12 heteroatoms. The highest BCUT2D eigenvalue weighted by Crippen LogP contribution is 2.10. The lowest BCUT2D eigenvalue weighted by molar-refractivity contribution is -0.147. The second kappa shape index (κ2) is 13.6. The van der Waals surface area contributed by atoms with Crippen LogP contribution in [0, 0.1) is 5.92 Å². The zero-order valence-electron chi connectivity index (χ0n) is 18.6. The third kappa shape index (κ3) is 9.18. The second-order valence-corrected chi connectivity index (χ2v) is 8.22. The SMILES string of the molecule is CC(C)C(NC(=O)C1CCCN1)C(=O)NC(CCCCN)C(=O)NC(CC(=O)O)C(=O)O. The van der Waals surface area contributed by atoms with Crippen molar-refractivity contribution >= 4 is 29.7 Å². The van der Waals surface area contributed by atoms with Crippen molar-refractivity contribution in [2.24, 2.45) is 11.7 Å². The Labute approximate surface area is 187 Å². The van der Waals surface area contributed by atoms with E-state index in [-0.39, 0.29) is 24.3 Å². The van der Waals surface area contributed by atoms with Gasteiger partial charge in [-0.05, 0) is 51.1 Å². The van der Waals surface area contributed by atoms with Crippen LogP contribution in [0.1, 0.15) is 52.4 Å². The molecule has 12 nitrogen and oxygen atoms in total. The molecule has 4 atom stereocenters. The van der Waals surface area contributed by atoms with Crippen LogP contribution < -0.4 is 27.0 Å². The highest BCUT2D eigenvalue weighted by molar-refractivity contribution is 5.94. The molecule has 3 amide bonds. The summed E-state index contributed by atoms with van der Waals surface area (Å²) in [5, 5.41) is 28.6. The molecule has 0 aromatic rings. The van der Waals surface area contributed by atoms with Crippen LogP contribution in [0.15, 0.2) is 0 Å². The van der Waals surface area contributed by atoms with E-state index in [1.54, 1.807) is 13.8 Å². The maximum absolute atomic E-state index is 12.9. The topological polar surface area (TPSA) is 200 Å². The molecule has 1 heterocycles. The quantitative estimate of drug-likeness (QED) is 0.152. The number of nitrogens with one attached hydrogen (secondary N) is 4. The monoisotopic (exact) mass is 457 g/mol. The number of nitrogens with two attached hydrogens (primary N) is 1. The van der Waals surface area contributed by atoms with Gasteiger partial charge in [0.15, 0.2) is 0 Å². The first-order valence-corrected chi connectivity index (χ1v) is 10.9. The zero-order valence-corrected chi connectivity index (χ0v) is 18.6. The van der Waals surface area contributed by atoms with Gasteiger partial charge in [0.25, 0.3) is 0 Å². The molecule has 182 valence electrons. The Hall–Kier alpha value is -2.73. The number of hydrogen-bond acceptors (Lipinski definition) is 7. The van der Waals surface area contributed by atoms with E-state index in [0.717, 1.165) is 13.0 Å². The minimum atomic E-state index is -1.64. The number of amides is 3. The van der Waals surface area contributed by atoms with Crippen LogP contribution in [0.25, 0.3) is 0 Å². The normalized spacial score (nSPS) is 18.4. The molecule has 0 saturated carbocycles. The van der Waals surface area contributed by atoms with E-state index in [1.165, 1.54) is 0 Å². The second-order valence-electron chi connectivity index (χ2n) is 8.22. The summed E-state index contributed by atoms with van der Waals surface area (Å²) in [6, 6.07) is -4.01. The van der Waals surface area contributed by atoms with Crippen molar-refractivity contribution in [3.63, 3.8) is 0 Å². The fourth-order valence-electron chi connectivity index (χ4n) is 3.37. The summed E-state index contributed by atoms with van der Waals surface area (Å²) in [4.78, 5) is 60.2. The van der Waals surface area contributed by atoms with Crippen LogP contribution in [-0.2, 0) is 24.0 Å². The maximum Gasteiger partial charge on any atom is 0.326 e. The fraction of sp³-hybridized carbons (Fsp3) is 0.750. The maximum atomic E-state index is 12.9. The standard InChI is InChI=1S/C20H35N5O7/c1-11(2)16(25-17(28)12-7-5-9-22-12)19(30)23-13(6-3-4-8-21)18(29)24-14(20(31)32)10-15(26)27/h11-14,16,22H,3-10,21H2,1-2H3,(H,23,30)(H,24,29)(H,25,28)(H,26,27)(H,31,32). The summed E-state index contributed by atoms with van der Waals surface area (Å²) in [6.07, 6.45) is 1.97. The minimum Gasteiger partial charge on any atom is -0.481 e. The van der Waals surface area contributed by atoms with Gasteiger partial charge >= 0.3 is 11.9 Å². The van der Waals surface area contributed by atoms with Gasteiger partial charge in [0.1, 0.15) is 18.1 Å². The van der Waals surface area contributed by atoms with Gasteiger partial charge in [0.05, 0.1) is 12.5 Å². The smallest absolute Gasteiger partial charge is 0.326 e. The third-order valence-corrected chi connectivity index (χ3v) is 5.20. The molecule has 8 N–H and O–H groups in total. The fourth-order valence-corrected chi connectivity index (χ4v) is 3.37. The lowest BCUT2D eigenvalue weighted by Crippen LogP contribution is -2.58. The number of unbranched alkanes of at least 4 members (excludes halogenated alkanes) is 1. The number of carboxylic acid groups (broad SMARTS) is 2. The molecule has 0 spiro atoms. The average Bonchev–Trinajstić information content (AvgIpc) is 3.24. The molecular formula is C20H35N5O7. The molecule has 0 aliphatic carbocycles. The Morgan fingerprint density at radius 3 is 2.16 bits per heavy atom. The number of rotatable bonds is 14. The van der Waals surface area contributed by atoms with E-state index in [0.29, 0.717) is 25.8 Å². The highest BCUT2D eigenvalue weighted by Gasteiger charge is 2.33. The van der Waals surface area contributed by atoms with E-state index in [9.17, 15) is 29.1 Å². The van der Waals surface area contributed by atoms with E-state index < -0.39 is 48.3 Å². The van der Waals surface area contributed by atoms with Crippen molar-refractivity contribution in [3.8, 4) is 0 Å². The Morgan fingerprint density at radius 1 is 1.00 bits per heavy atom. The van der Waals surface area contributed by atoms with Gasteiger partial charge < -0.3 is 37.2 Å². The number of hydrogen-bond donors (Lipinski definition) is 7. The third-order valence-electron chi connectivity index (χ3n) is 5.20. The molecule has 0 aromatic carbocycles. The van der Waals surface area contributed by atoms with Crippen molar-refractivity contribution in [1.29, 1.82) is 0 Å². The summed E-state index contributed by atoms with van der Waals surface area (Å²) >= 11 is 0. The van der Waals surface area contributed by atoms with Crippen LogP contribution in [0.5, 0.6) is 0 Å². The molecule has 1 fully saturated rings. The Balaban J connectivity index is 2.89. The molecule has 1 aliphatic rings. The Bertz CT molecular complexity index is 679. The molecule has 1 rings (SSSR count). The van der Waals surface area contributed by atoms with Crippen LogP contribution in [0.2, 0.25) is 0 Å². The van der Waals surface area contributed by atoms with Gasteiger partial charge in [-0.2, -0.15) is 0 Å². The van der Waals surface area contributed by atoms with Gasteiger partial charge in [-0.25, -0.2) is 4.79 Å². The molecule has 32 heavy (non-hydrogen) atoms. The van der Waals surface area contributed by atoms with Crippen molar-refractivity contribution in [1.82, 2.24) is 21.3 Å². The molecule has 1 aliphatic heterocycles. The molecule has 0 bridgehead atoms. The first-order valence-electron chi connectivity index (χ1n) is 10.9. The van der Waals surface area contributed by atoms with Crippen molar-refractivity contribution in [2.45, 2.75) is 76.5 Å². The minimum absolute atomic E-state index is 0.178. The average molecular weight is 458 g/mol. The largest absolute Gasteiger partial charge is 0.481 e. The first-order chi connectivity index (χ1) is 15.1. The van der Waals surface area contributed by atoms with Gasteiger partial charge in [-0.15, -0.1) is 0 Å². The van der Waals surface area contributed by atoms with Gasteiger partial charge in [0.2, 0.25) is 17.7 Å². The summed E-state index contributed by atoms with van der Waals surface area (Å²) in [6.45, 7) is 4.60. The van der Waals surface area contributed by atoms with Crippen LogP contribution in [0.4, 0.5) is 0 Å². The molecule has 0 radical (unpaired) electrons. The van der Waals surface area contributed by atoms with Crippen molar-refractivity contribution in [3.05, 3.63) is 0 Å². The van der Waals surface area contributed by atoms with E-state index in [4.69, 9.17) is 10.8 Å². The van der Waals surface area contributed by atoms with Crippen molar-refractivity contribution < 1.29 is 34.2 Å². The summed E-state index contributed by atoms with van der Waals surface area (Å²) in [5.41, 5.74) is 5.49. The number of aliphatic carboxylic acids is 2. The number of carboxylic acids is 2.